The van der Waals surface area contributed by atoms with E-state index < -0.39 is 0 Å². The number of hydrogen-bond donors (Lipinski definition) is 1. The van der Waals surface area contributed by atoms with E-state index in [0.29, 0.717) is 0 Å². The van der Waals surface area contributed by atoms with Gasteiger partial charge in [0.2, 0.25) is 0 Å². The first-order valence-electron chi connectivity index (χ1n) is 3.23. The number of rotatable bonds is 3. The van der Waals surface area contributed by atoms with Crippen LogP contribution in [0.3, 0.4) is 0 Å². The normalized spacial score (nSPS) is 11.2. The lowest BCUT2D eigenvalue weighted by Crippen LogP contribution is -2.14. The molecule has 0 aliphatic carbocycles. The summed E-state index contributed by atoms with van der Waals surface area (Å²) in [7, 11) is 3.66. The summed E-state index contributed by atoms with van der Waals surface area (Å²) < 4.78 is 0. The zero-order valence-electron chi connectivity index (χ0n) is 6.55. The van der Waals surface area contributed by atoms with Crippen LogP contribution in [0.4, 0.5) is 0 Å². The van der Waals surface area contributed by atoms with Crippen molar-refractivity contribution in [2.45, 2.75) is 6.42 Å². The third kappa shape index (κ3) is 4.44. The van der Waals surface area contributed by atoms with Crippen molar-refractivity contribution in [2.75, 3.05) is 19.8 Å². The molecule has 0 saturated heterocycles. The lowest BCUT2D eigenvalue weighted by molar-refractivity contribution is 1.18. The van der Waals surface area contributed by atoms with Crippen LogP contribution in [0.15, 0.2) is 17.6 Å². The van der Waals surface area contributed by atoms with Gasteiger partial charge < -0.3 is 5.32 Å². The molecule has 0 unspecified atom stereocenters. The van der Waals surface area contributed by atoms with E-state index in [1.165, 1.54) is 0 Å². The molecule has 0 aliphatic rings. The molecule has 58 valence electrons. The smallest absolute Gasteiger partial charge is 0.156 e. The van der Waals surface area contributed by atoms with E-state index in [0.717, 1.165) is 17.3 Å². The highest BCUT2D eigenvalue weighted by Crippen LogP contribution is 2.02. The molecule has 0 atom stereocenters. The van der Waals surface area contributed by atoms with Gasteiger partial charge in [-0.2, -0.15) is 0 Å². The van der Waals surface area contributed by atoms with Crippen LogP contribution < -0.4 is 5.32 Å². The van der Waals surface area contributed by atoms with Gasteiger partial charge in [0.05, 0.1) is 0 Å². The summed E-state index contributed by atoms with van der Waals surface area (Å²) in [5.41, 5.74) is 0. The van der Waals surface area contributed by atoms with Gasteiger partial charge in [-0.05, 0) is 6.42 Å². The van der Waals surface area contributed by atoms with Gasteiger partial charge in [0.25, 0.3) is 0 Å². The Morgan fingerprint density at radius 2 is 2.50 bits per heavy atom. The van der Waals surface area contributed by atoms with Crippen molar-refractivity contribution < 1.29 is 0 Å². The number of amidine groups is 1. The fourth-order valence-electron chi connectivity index (χ4n) is 0.487. The van der Waals surface area contributed by atoms with Crippen LogP contribution >= 0.6 is 11.8 Å². The molecule has 0 aromatic rings. The van der Waals surface area contributed by atoms with Gasteiger partial charge in [-0.3, -0.25) is 4.99 Å². The number of thioether (sulfide) groups is 1. The maximum absolute atomic E-state index is 4.01. The van der Waals surface area contributed by atoms with Gasteiger partial charge >= 0.3 is 0 Å². The summed E-state index contributed by atoms with van der Waals surface area (Å²) in [4.78, 5) is 4.01. The number of nitrogens with one attached hydrogen (secondary N) is 1. The molecule has 0 rings (SSSR count). The fourth-order valence-corrected chi connectivity index (χ4v) is 1.24. The number of nitrogens with zero attached hydrogens (tertiary/aromatic N) is 1. The van der Waals surface area contributed by atoms with Crippen molar-refractivity contribution >= 4 is 16.9 Å². The molecule has 0 aromatic heterocycles. The summed E-state index contributed by atoms with van der Waals surface area (Å²) in [5, 5.41) is 3.98. The van der Waals surface area contributed by atoms with Crippen LogP contribution in [0.25, 0.3) is 0 Å². The van der Waals surface area contributed by atoms with Crippen molar-refractivity contribution in [3.05, 3.63) is 12.7 Å². The number of aliphatic imine (C=N–C) groups is 1. The van der Waals surface area contributed by atoms with Crippen molar-refractivity contribution in [3.8, 4) is 0 Å². The van der Waals surface area contributed by atoms with E-state index in [4.69, 9.17) is 0 Å². The van der Waals surface area contributed by atoms with Gasteiger partial charge in [-0.1, -0.05) is 17.8 Å². The van der Waals surface area contributed by atoms with E-state index in [-0.39, 0.29) is 0 Å². The highest BCUT2D eigenvalue weighted by atomic mass is 32.2. The van der Waals surface area contributed by atoms with Crippen molar-refractivity contribution in [1.82, 2.24) is 5.32 Å². The molecular formula is C7H14N2S. The summed E-state index contributed by atoms with van der Waals surface area (Å²) >= 11 is 1.71. The molecule has 2 nitrogen and oxygen atoms in total. The minimum Gasteiger partial charge on any atom is -0.368 e. The first-order valence-corrected chi connectivity index (χ1v) is 4.22. The standard InChI is InChI=1S/C7H14N2S/c1-4-5-6-10-7(8-2)9-3/h4H,1,5-6H2,2-3H3,(H,8,9). The van der Waals surface area contributed by atoms with E-state index in [1.54, 1.807) is 18.8 Å². The maximum Gasteiger partial charge on any atom is 0.156 e. The molecule has 0 aliphatic heterocycles. The minimum atomic E-state index is 0.988. The SMILES string of the molecule is C=CCCSC(=NC)NC. The molecular weight excluding hydrogens is 144 g/mol. The topological polar surface area (TPSA) is 24.4 Å². The second-order valence-electron chi connectivity index (χ2n) is 1.70. The molecule has 0 bridgehead atoms. The van der Waals surface area contributed by atoms with Crippen molar-refractivity contribution in [3.63, 3.8) is 0 Å². The lowest BCUT2D eigenvalue weighted by atomic mass is 10.5. The Balaban J connectivity index is 3.36. The predicted octanol–water partition coefficient (Wildman–Crippen LogP) is 1.50. The maximum atomic E-state index is 4.01. The molecule has 3 heteroatoms. The molecule has 1 N–H and O–H groups in total. The summed E-state index contributed by atoms with van der Waals surface area (Å²) in [6.45, 7) is 3.64. The zero-order valence-corrected chi connectivity index (χ0v) is 7.37. The first-order chi connectivity index (χ1) is 4.85. The average molecular weight is 158 g/mol. The quantitative estimate of drug-likeness (QED) is 0.291. The molecule has 0 aromatic carbocycles. The molecule has 0 spiro atoms. The molecule has 0 saturated carbocycles. The van der Waals surface area contributed by atoms with E-state index in [9.17, 15) is 0 Å². The first kappa shape index (κ1) is 9.56. The predicted molar refractivity (Wildman–Crippen MR) is 49.7 cm³/mol. The van der Waals surface area contributed by atoms with E-state index in [1.807, 2.05) is 13.1 Å². The number of hydrogen-bond acceptors (Lipinski definition) is 2. The largest absolute Gasteiger partial charge is 0.368 e. The Morgan fingerprint density at radius 3 is 2.90 bits per heavy atom. The molecule has 0 fully saturated rings. The van der Waals surface area contributed by atoms with Crippen LogP contribution in [-0.4, -0.2) is 25.0 Å². The fraction of sp³-hybridized carbons (Fsp3) is 0.571. The van der Waals surface area contributed by atoms with Gasteiger partial charge in [-0.15, -0.1) is 6.58 Å². The van der Waals surface area contributed by atoms with Gasteiger partial charge in [0.15, 0.2) is 5.17 Å². The Morgan fingerprint density at radius 1 is 1.80 bits per heavy atom. The average Bonchev–Trinajstić information content (AvgIpc) is 1.99. The Bertz CT molecular complexity index is 121. The summed E-state index contributed by atoms with van der Waals surface area (Å²) in [5.74, 6) is 1.05. The van der Waals surface area contributed by atoms with Crippen molar-refractivity contribution in [2.24, 2.45) is 4.99 Å². The molecule has 10 heavy (non-hydrogen) atoms. The Kier molecular flexibility index (Phi) is 6.38. The molecule has 0 amide bonds. The summed E-state index contributed by atoms with van der Waals surface area (Å²) in [6.07, 6.45) is 2.95. The summed E-state index contributed by atoms with van der Waals surface area (Å²) in [6, 6.07) is 0. The Labute approximate surface area is 66.8 Å². The Hall–Kier alpha value is -0.440. The van der Waals surface area contributed by atoms with Gasteiger partial charge in [0.1, 0.15) is 0 Å². The van der Waals surface area contributed by atoms with Gasteiger partial charge in [0, 0.05) is 19.8 Å². The second kappa shape index (κ2) is 6.68. The van der Waals surface area contributed by atoms with E-state index >= 15 is 0 Å². The van der Waals surface area contributed by atoms with Crippen LogP contribution in [-0.2, 0) is 0 Å². The molecule has 0 heterocycles. The monoisotopic (exact) mass is 158 g/mol. The third-order valence-electron chi connectivity index (χ3n) is 0.978. The highest BCUT2D eigenvalue weighted by Gasteiger charge is 1.91. The lowest BCUT2D eigenvalue weighted by Gasteiger charge is -2.00. The zero-order chi connectivity index (χ0) is 7.82. The minimum absolute atomic E-state index is 0.988. The third-order valence-corrected chi connectivity index (χ3v) is 2.08. The van der Waals surface area contributed by atoms with Crippen LogP contribution in [0.1, 0.15) is 6.42 Å². The molecule has 0 radical (unpaired) electrons. The van der Waals surface area contributed by atoms with Crippen LogP contribution in [0.5, 0.6) is 0 Å². The van der Waals surface area contributed by atoms with Crippen LogP contribution in [0.2, 0.25) is 0 Å². The van der Waals surface area contributed by atoms with Crippen LogP contribution in [0, 0.1) is 0 Å². The number of allylic oxidation sites excluding steroid dienone is 1. The van der Waals surface area contributed by atoms with E-state index in [2.05, 4.69) is 16.9 Å². The highest BCUT2D eigenvalue weighted by molar-refractivity contribution is 8.13. The second-order valence-corrected chi connectivity index (χ2v) is 2.79. The van der Waals surface area contributed by atoms with Gasteiger partial charge in [-0.25, -0.2) is 0 Å². The van der Waals surface area contributed by atoms with Crippen molar-refractivity contribution in [1.29, 1.82) is 0 Å².